The zero-order valence-electron chi connectivity index (χ0n) is 13.1. The number of aliphatic carboxylic acids is 1. The van der Waals surface area contributed by atoms with Gasteiger partial charge >= 0.3 is 5.97 Å². The first kappa shape index (κ1) is 15.8. The van der Waals surface area contributed by atoms with Crippen molar-refractivity contribution in [2.45, 2.75) is 51.6 Å². The summed E-state index contributed by atoms with van der Waals surface area (Å²) in [5, 5.41) is 9.73. The van der Waals surface area contributed by atoms with Gasteiger partial charge in [0.05, 0.1) is 6.61 Å². The number of para-hydroxylation sites is 1. The number of carbonyl (C=O) groups is 1. The lowest BCUT2D eigenvalue weighted by atomic mass is 9.90. The van der Waals surface area contributed by atoms with Crippen molar-refractivity contribution in [1.29, 1.82) is 0 Å². The van der Waals surface area contributed by atoms with Crippen LogP contribution < -0.4 is 4.74 Å². The van der Waals surface area contributed by atoms with Crippen molar-refractivity contribution in [2.24, 2.45) is 0 Å². The highest BCUT2D eigenvalue weighted by molar-refractivity contribution is 5.79. The van der Waals surface area contributed by atoms with Crippen LogP contribution in [0.1, 0.15) is 51.6 Å². The van der Waals surface area contributed by atoms with E-state index in [0.717, 1.165) is 30.7 Å². The first-order chi connectivity index (χ1) is 10.1. The van der Waals surface area contributed by atoms with E-state index >= 15 is 0 Å². The van der Waals surface area contributed by atoms with Gasteiger partial charge in [-0.05, 0) is 45.7 Å². The van der Waals surface area contributed by atoms with Crippen molar-refractivity contribution in [3.8, 4) is 5.75 Å². The summed E-state index contributed by atoms with van der Waals surface area (Å²) in [5.74, 6) is 0.151. The van der Waals surface area contributed by atoms with Crippen molar-refractivity contribution in [3.63, 3.8) is 0 Å². The van der Waals surface area contributed by atoms with Crippen LogP contribution in [0.3, 0.4) is 0 Å². The maximum absolute atomic E-state index is 11.8. The molecule has 0 radical (unpaired) electrons. The number of benzene rings is 1. The van der Waals surface area contributed by atoms with E-state index in [4.69, 9.17) is 4.74 Å². The molecule has 0 spiro atoms. The van der Waals surface area contributed by atoms with E-state index in [-0.39, 0.29) is 6.04 Å². The van der Waals surface area contributed by atoms with E-state index in [2.05, 4.69) is 11.8 Å². The third-order valence-electron chi connectivity index (χ3n) is 4.66. The molecule has 2 rings (SSSR count). The molecule has 1 saturated heterocycles. The lowest BCUT2D eigenvalue weighted by molar-refractivity contribution is -0.151. The van der Waals surface area contributed by atoms with Crippen LogP contribution in [0.2, 0.25) is 0 Å². The van der Waals surface area contributed by atoms with Gasteiger partial charge in [0.15, 0.2) is 0 Å². The average molecular weight is 291 g/mol. The fraction of sp³-hybridized carbons (Fsp3) is 0.588. The Kier molecular flexibility index (Phi) is 4.88. The Morgan fingerprint density at radius 3 is 2.76 bits per heavy atom. The van der Waals surface area contributed by atoms with Crippen molar-refractivity contribution in [1.82, 2.24) is 4.90 Å². The minimum Gasteiger partial charge on any atom is -0.494 e. The molecule has 0 amide bonds. The van der Waals surface area contributed by atoms with Gasteiger partial charge in [0.1, 0.15) is 11.3 Å². The van der Waals surface area contributed by atoms with Gasteiger partial charge in [0.2, 0.25) is 0 Å². The lowest BCUT2D eigenvalue weighted by Crippen LogP contribution is -2.50. The molecule has 1 N–H and O–H groups in total. The molecule has 0 saturated carbocycles. The molecule has 21 heavy (non-hydrogen) atoms. The number of carboxylic acids is 1. The Bertz CT molecular complexity index is 503. The molecule has 0 bridgehead atoms. The number of rotatable bonds is 6. The minimum absolute atomic E-state index is 0.0336. The zero-order chi connectivity index (χ0) is 15.5. The fourth-order valence-electron chi connectivity index (χ4n) is 3.51. The number of nitrogens with zero attached hydrogens (tertiary/aromatic N) is 1. The summed E-state index contributed by atoms with van der Waals surface area (Å²) in [6.45, 7) is 7.44. The first-order valence-electron chi connectivity index (χ1n) is 7.78. The van der Waals surface area contributed by atoms with Crippen LogP contribution in [0, 0.1) is 0 Å². The Labute approximate surface area is 126 Å². The molecule has 1 heterocycles. The molecule has 0 aliphatic carbocycles. The Balaban J connectivity index is 2.35. The summed E-state index contributed by atoms with van der Waals surface area (Å²) in [6, 6.07) is 7.97. The molecule has 2 atom stereocenters. The van der Waals surface area contributed by atoms with Crippen molar-refractivity contribution >= 4 is 5.97 Å². The van der Waals surface area contributed by atoms with Crippen LogP contribution in [0.5, 0.6) is 5.75 Å². The molecular weight excluding hydrogens is 266 g/mol. The summed E-state index contributed by atoms with van der Waals surface area (Å²) in [5.41, 5.74) is 0.332. The second kappa shape index (κ2) is 6.48. The highest BCUT2D eigenvalue weighted by Gasteiger charge is 2.48. The zero-order valence-corrected chi connectivity index (χ0v) is 13.1. The molecule has 0 aromatic heterocycles. The van der Waals surface area contributed by atoms with E-state index in [0.29, 0.717) is 13.0 Å². The molecule has 1 aliphatic heterocycles. The van der Waals surface area contributed by atoms with E-state index in [1.54, 1.807) is 0 Å². The first-order valence-corrected chi connectivity index (χ1v) is 7.78. The molecule has 4 nitrogen and oxygen atoms in total. The summed E-state index contributed by atoms with van der Waals surface area (Å²) in [7, 11) is 0. The Hall–Kier alpha value is -1.55. The van der Waals surface area contributed by atoms with Gasteiger partial charge in [-0.2, -0.15) is 0 Å². The number of hydrogen-bond donors (Lipinski definition) is 1. The second-order valence-electron chi connectivity index (χ2n) is 5.63. The SMILES string of the molecule is CCOc1ccccc1C(C)N1CCCC1(CC)C(=O)O. The van der Waals surface area contributed by atoms with E-state index in [1.807, 2.05) is 38.1 Å². The third kappa shape index (κ3) is 2.77. The Morgan fingerprint density at radius 2 is 2.14 bits per heavy atom. The second-order valence-corrected chi connectivity index (χ2v) is 5.63. The number of ether oxygens (including phenoxy) is 1. The Morgan fingerprint density at radius 1 is 1.43 bits per heavy atom. The molecule has 1 aliphatic rings. The van der Waals surface area contributed by atoms with Gasteiger partial charge in [-0.15, -0.1) is 0 Å². The molecular formula is C17H25NO3. The number of likely N-dealkylation sites (tertiary alicyclic amines) is 1. The summed E-state index contributed by atoms with van der Waals surface area (Å²) < 4.78 is 5.71. The molecule has 116 valence electrons. The van der Waals surface area contributed by atoms with Crippen molar-refractivity contribution < 1.29 is 14.6 Å². The molecule has 1 aromatic carbocycles. The smallest absolute Gasteiger partial charge is 0.324 e. The number of hydrogen-bond acceptors (Lipinski definition) is 3. The molecule has 2 unspecified atom stereocenters. The summed E-state index contributed by atoms with van der Waals surface area (Å²) >= 11 is 0. The predicted molar refractivity (Wildman–Crippen MR) is 82.6 cm³/mol. The van der Waals surface area contributed by atoms with E-state index in [1.165, 1.54) is 0 Å². The summed E-state index contributed by atoms with van der Waals surface area (Å²) in [4.78, 5) is 14.0. The van der Waals surface area contributed by atoms with E-state index in [9.17, 15) is 9.90 Å². The average Bonchev–Trinajstić information content (AvgIpc) is 2.92. The van der Waals surface area contributed by atoms with Crippen LogP contribution in [0.4, 0.5) is 0 Å². The maximum Gasteiger partial charge on any atom is 0.324 e. The van der Waals surface area contributed by atoms with Gasteiger partial charge in [0.25, 0.3) is 0 Å². The van der Waals surface area contributed by atoms with Gasteiger partial charge in [-0.3, -0.25) is 9.69 Å². The van der Waals surface area contributed by atoms with Crippen molar-refractivity contribution in [2.75, 3.05) is 13.2 Å². The molecule has 1 fully saturated rings. The van der Waals surface area contributed by atoms with Gasteiger partial charge in [-0.1, -0.05) is 25.1 Å². The predicted octanol–water partition coefficient (Wildman–Crippen LogP) is 3.48. The van der Waals surface area contributed by atoms with Gasteiger partial charge in [0, 0.05) is 11.6 Å². The van der Waals surface area contributed by atoms with Gasteiger partial charge < -0.3 is 9.84 Å². The van der Waals surface area contributed by atoms with Crippen LogP contribution in [0.15, 0.2) is 24.3 Å². The highest BCUT2D eigenvalue weighted by atomic mass is 16.5. The van der Waals surface area contributed by atoms with Crippen molar-refractivity contribution in [3.05, 3.63) is 29.8 Å². The normalized spacial score (nSPS) is 24.0. The minimum atomic E-state index is -0.737. The van der Waals surface area contributed by atoms with E-state index < -0.39 is 11.5 Å². The monoisotopic (exact) mass is 291 g/mol. The van der Waals surface area contributed by atoms with Crippen LogP contribution in [0.25, 0.3) is 0 Å². The third-order valence-corrected chi connectivity index (χ3v) is 4.66. The van der Waals surface area contributed by atoms with Crippen LogP contribution in [-0.2, 0) is 4.79 Å². The largest absolute Gasteiger partial charge is 0.494 e. The summed E-state index contributed by atoms with van der Waals surface area (Å²) in [6.07, 6.45) is 2.28. The van der Waals surface area contributed by atoms with Gasteiger partial charge in [-0.25, -0.2) is 0 Å². The van der Waals surface area contributed by atoms with Crippen LogP contribution in [-0.4, -0.2) is 34.7 Å². The highest BCUT2D eigenvalue weighted by Crippen LogP contribution is 2.41. The maximum atomic E-state index is 11.8. The lowest BCUT2D eigenvalue weighted by Gasteiger charge is -2.38. The quantitative estimate of drug-likeness (QED) is 0.872. The number of carboxylic acid groups (broad SMARTS) is 1. The van der Waals surface area contributed by atoms with Crippen LogP contribution >= 0.6 is 0 Å². The standard InChI is InChI=1S/C17H25NO3/c1-4-17(16(19)20)11-8-12-18(17)13(3)14-9-6-7-10-15(14)21-5-2/h6-7,9-10,13H,4-5,8,11-12H2,1-3H3,(H,19,20). The molecule has 4 heteroatoms. The molecule has 1 aromatic rings. The fourth-order valence-corrected chi connectivity index (χ4v) is 3.51. The topological polar surface area (TPSA) is 49.8 Å².